The molecule has 2 aliphatic rings. The number of anilines is 1. The zero-order chi connectivity index (χ0) is 18.6. The third-order valence-corrected chi connectivity index (χ3v) is 4.99. The van der Waals surface area contributed by atoms with Gasteiger partial charge in [0.25, 0.3) is 0 Å². The Morgan fingerprint density at radius 3 is 2.63 bits per heavy atom. The Labute approximate surface area is 154 Å². The van der Waals surface area contributed by atoms with Crippen molar-refractivity contribution in [2.75, 3.05) is 5.32 Å². The van der Waals surface area contributed by atoms with E-state index in [1.165, 1.54) is 0 Å². The van der Waals surface area contributed by atoms with Gasteiger partial charge >= 0.3 is 0 Å². The van der Waals surface area contributed by atoms with Crippen LogP contribution >= 0.6 is 0 Å². The molecular weight excluding hydrogens is 342 g/mol. The quantitative estimate of drug-likeness (QED) is 0.696. The Balaban J connectivity index is 1.85. The molecule has 27 heavy (non-hydrogen) atoms. The average molecular weight is 355 g/mol. The minimum absolute atomic E-state index is 0.0602. The molecule has 5 rings (SSSR count). The number of nitrogens with two attached hydrogens (primary N) is 1. The van der Waals surface area contributed by atoms with Gasteiger partial charge < -0.3 is 15.8 Å². The van der Waals surface area contributed by atoms with Crippen LogP contribution in [0.5, 0.6) is 5.88 Å². The standard InChI is InChI=1S/C20H13N5O2/c21-10-14-17(22)27-18-15(11-23-25(18)12-6-2-1-3-7-12)20(14)13-8-4-5-9-16(13)24-19(20)26/h1-9,11H,22H2,(H,24,26). The summed E-state index contributed by atoms with van der Waals surface area (Å²) in [5.41, 5.74) is 7.32. The van der Waals surface area contributed by atoms with Gasteiger partial charge in [-0.2, -0.15) is 10.4 Å². The molecule has 0 radical (unpaired) electrons. The normalized spacial score (nSPS) is 19.9. The zero-order valence-electron chi connectivity index (χ0n) is 14.0. The maximum Gasteiger partial charge on any atom is 0.245 e. The van der Waals surface area contributed by atoms with Crippen molar-refractivity contribution in [3.8, 4) is 17.6 Å². The van der Waals surface area contributed by atoms with Crippen LogP contribution in [-0.4, -0.2) is 15.7 Å². The second-order valence-electron chi connectivity index (χ2n) is 6.31. The molecule has 1 spiro atoms. The lowest BCUT2D eigenvalue weighted by molar-refractivity contribution is -0.118. The first-order valence-corrected chi connectivity index (χ1v) is 8.31. The summed E-state index contributed by atoms with van der Waals surface area (Å²) in [5, 5.41) is 17.1. The highest BCUT2D eigenvalue weighted by molar-refractivity contribution is 6.12. The summed E-state index contributed by atoms with van der Waals surface area (Å²) in [6, 6.07) is 18.7. The van der Waals surface area contributed by atoms with Crippen molar-refractivity contribution in [1.29, 1.82) is 5.26 Å². The van der Waals surface area contributed by atoms with Gasteiger partial charge in [-0.25, -0.2) is 4.68 Å². The van der Waals surface area contributed by atoms with Crippen molar-refractivity contribution in [1.82, 2.24) is 9.78 Å². The van der Waals surface area contributed by atoms with Crippen molar-refractivity contribution < 1.29 is 9.53 Å². The second kappa shape index (κ2) is 5.22. The Hall–Kier alpha value is -4.05. The number of benzene rings is 2. The fourth-order valence-corrected chi connectivity index (χ4v) is 3.83. The van der Waals surface area contributed by atoms with Crippen molar-refractivity contribution in [2.24, 2.45) is 5.73 Å². The van der Waals surface area contributed by atoms with Crippen molar-refractivity contribution in [3.63, 3.8) is 0 Å². The average Bonchev–Trinajstić information content (AvgIpc) is 3.23. The van der Waals surface area contributed by atoms with Gasteiger partial charge in [0.2, 0.25) is 17.7 Å². The topological polar surface area (TPSA) is 106 Å². The number of aromatic nitrogens is 2. The van der Waals surface area contributed by atoms with E-state index in [1.54, 1.807) is 16.9 Å². The molecule has 2 aliphatic heterocycles. The van der Waals surface area contributed by atoms with Gasteiger partial charge in [0, 0.05) is 11.3 Å². The number of amides is 1. The predicted octanol–water partition coefficient (Wildman–Crippen LogP) is 2.20. The number of hydrogen-bond donors (Lipinski definition) is 2. The largest absolute Gasteiger partial charge is 0.422 e. The highest BCUT2D eigenvalue weighted by Crippen LogP contribution is 2.53. The van der Waals surface area contributed by atoms with Gasteiger partial charge in [-0.05, 0) is 18.2 Å². The number of nitrogens with zero attached hydrogens (tertiary/aromatic N) is 3. The molecule has 0 bridgehead atoms. The Morgan fingerprint density at radius 1 is 1.11 bits per heavy atom. The first kappa shape index (κ1) is 15.2. The lowest BCUT2D eigenvalue weighted by atomic mass is 9.70. The van der Waals surface area contributed by atoms with Gasteiger partial charge in [-0.3, -0.25) is 4.79 Å². The number of rotatable bonds is 1. The maximum absolute atomic E-state index is 13.2. The van der Waals surface area contributed by atoms with E-state index in [2.05, 4.69) is 16.5 Å². The number of nitriles is 1. The third kappa shape index (κ3) is 1.79. The van der Waals surface area contributed by atoms with Gasteiger partial charge in [0.15, 0.2) is 0 Å². The minimum atomic E-state index is -1.38. The van der Waals surface area contributed by atoms with Crippen LogP contribution < -0.4 is 15.8 Å². The van der Waals surface area contributed by atoms with Crippen LogP contribution in [0.2, 0.25) is 0 Å². The highest BCUT2D eigenvalue weighted by atomic mass is 16.5. The first-order valence-electron chi connectivity index (χ1n) is 8.31. The molecule has 0 saturated carbocycles. The lowest BCUT2D eigenvalue weighted by Gasteiger charge is -2.31. The van der Waals surface area contributed by atoms with Crippen molar-refractivity contribution >= 4 is 11.6 Å². The summed E-state index contributed by atoms with van der Waals surface area (Å²) < 4.78 is 7.34. The summed E-state index contributed by atoms with van der Waals surface area (Å²) in [6.07, 6.45) is 1.56. The second-order valence-corrected chi connectivity index (χ2v) is 6.31. The number of hydrogen-bond acceptors (Lipinski definition) is 5. The highest BCUT2D eigenvalue weighted by Gasteiger charge is 2.57. The van der Waals surface area contributed by atoms with Crippen LogP contribution in [0.25, 0.3) is 5.69 Å². The number of nitrogens with one attached hydrogen (secondary N) is 1. The Morgan fingerprint density at radius 2 is 1.85 bits per heavy atom. The monoisotopic (exact) mass is 355 g/mol. The summed E-state index contributed by atoms with van der Waals surface area (Å²) in [6.45, 7) is 0. The van der Waals surface area contributed by atoms with E-state index in [-0.39, 0.29) is 17.4 Å². The number of para-hydroxylation sites is 2. The van der Waals surface area contributed by atoms with Crippen molar-refractivity contribution in [3.05, 3.63) is 83.4 Å². The number of ether oxygens (including phenoxy) is 1. The number of fused-ring (bicyclic) bond motifs is 4. The van der Waals surface area contributed by atoms with Crippen LogP contribution in [0.1, 0.15) is 11.1 Å². The third-order valence-electron chi connectivity index (χ3n) is 4.99. The fraction of sp³-hybridized carbons (Fsp3) is 0.0500. The summed E-state index contributed by atoms with van der Waals surface area (Å²) in [7, 11) is 0. The van der Waals surface area contributed by atoms with Crippen molar-refractivity contribution in [2.45, 2.75) is 5.41 Å². The van der Waals surface area contributed by atoms with Crippen LogP contribution in [-0.2, 0) is 10.2 Å². The molecule has 1 aromatic heterocycles. The fourth-order valence-electron chi connectivity index (χ4n) is 3.83. The van der Waals surface area contributed by atoms with E-state index in [4.69, 9.17) is 10.5 Å². The molecule has 1 amide bonds. The smallest absolute Gasteiger partial charge is 0.245 e. The first-order chi connectivity index (χ1) is 13.2. The molecule has 0 aliphatic carbocycles. The molecule has 7 heteroatoms. The number of carbonyl (C=O) groups excluding carboxylic acids is 1. The number of carbonyl (C=O) groups is 1. The molecule has 3 heterocycles. The van der Waals surface area contributed by atoms with Crippen LogP contribution in [0.3, 0.4) is 0 Å². The lowest BCUT2D eigenvalue weighted by Crippen LogP contribution is -2.42. The van der Waals surface area contributed by atoms with E-state index < -0.39 is 5.41 Å². The van der Waals surface area contributed by atoms with E-state index in [1.807, 2.05) is 48.5 Å². The molecular formula is C20H13N5O2. The molecule has 3 N–H and O–H groups in total. The molecule has 0 saturated heterocycles. The molecule has 7 nitrogen and oxygen atoms in total. The summed E-state index contributed by atoms with van der Waals surface area (Å²) >= 11 is 0. The minimum Gasteiger partial charge on any atom is -0.422 e. The molecule has 3 aromatic rings. The molecule has 1 unspecified atom stereocenters. The van der Waals surface area contributed by atoms with E-state index >= 15 is 0 Å². The van der Waals surface area contributed by atoms with Crippen LogP contribution in [0, 0.1) is 11.3 Å². The summed E-state index contributed by atoms with van der Waals surface area (Å²) in [4.78, 5) is 13.2. The van der Waals surface area contributed by atoms with Gasteiger partial charge in [0.05, 0.1) is 17.4 Å². The molecule has 1 atom stereocenters. The zero-order valence-corrected chi connectivity index (χ0v) is 14.0. The van der Waals surface area contributed by atoms with Gasteiger partial charge in [0.1, 0.15) is 17.1 Å². The summed E-state index contributed by atoms with van der Waals surface area (Å²) in [5.74, 6) is -0.126. The molecule has 2 aromatic carbocycles. The predicted molar refractivity (Wildman–Crippen MR) is 96.9 cm³/mol. The van der Waals surface area contributed by atoms with E-state index in [0.717, 1.165) is 5.69 Å². The molecule has 0 fully saturated rings. The van der Waals surface area contributed by atoms with Gasteiger partial charge in [-0.1, -0.05) is 36.4 Å². The maximum atomic E-state index is 13.2. The van der Waals surface area contributed by atoms with Crippen LogP contribution in [0.15, 0.2) is 72.3 Å². The Kier molecular flexibility index (Phi) is 2.94. The van der Waals surface area contributed by atoms with Crippen LogP contribution in [0.4, 0.5) is 5.69 Å². The Bertz CT molecular complexity index is 1170. The molecule has 130 valence electrons. The van der Waals surface area contributed by atoms with Gasteiger partial charge in [-0.15, -0.1) is 0 Å². The van der Waals surface area contributed by atoms with E-state index in [0.29, 0.717) is 22.7 Å². The van der Waals surface area contributed by atoms with E-state index in [9.17, 15) is 10.1 Å². The SMILES string of the molecule is N#CC1=C(N)Oc2c(cnn2-c2ccccc2)C12C(=O)Nc1ccccc12.